The smallest absolute Gasteiger partial charge is 0.242 e. The molecular weight excluding hydrogens is 316 g/mol. The number of aromatic amines is 1. The molecule has 0 aromatic carbocycles. The summed E-state index contributed by atoms with van der Waals surface area (Å²) in [5.74, 6) is 1.46. The summed E-state index contributed by atoms with van der Waals surface area (Å²) in [6.45, 7) is 2.75. The fraction of sp³-hybridized carbons (Fsp3) is 0.733. The Labute approximate surface area is 142 Å². The predicted molar refractivity (Wildman–Crippen MR) is 89.0 cm³/mol. The second kappa shape index (κ2) is 7.17. The first-order valence-corrected chi connectivity index (χ1v) is 8.36. The maximum Gasteiger partial charge on any atom is 0.242 e. The number of hydrogen-bond donors (Lipinski definition) is 4. The molecule has 4 heterocycles. The summed E-state index contributed by atoms with van der Waals surface area (Å²) in [6.07, 6.45) is 7.90. The fourth-order valence-corrected chi connectivity index (χ4v) is 4.08. The van der Waals surface area contributed by atoms with Crippen molar-refractivity contribution in [3.8, 4) is 0 Å². The van der Waals surface area contributed by atoms with Crippen LogP contribution in [-0.2, 0) is 4.79 Å². The van der Waals surface area contributed by atoms with E-state index in [-0.39, 0.29) is 30.4 Å². The van der Waals surface area contributed by atoms with E-state index in [4.69, 9.17) is 0 Å². The van der Waals surface area contributed by atoms with Crippen LogP contribution in [0.3, 0.4) is 0 Å². The van der Waals surface area contributed by atoms with E-state index >= 15 is 0 Å². The van der Waals surface area contributed by atoms with E-state index in [2.05, 4.69) is 26.1 Å². The van der Waals surface area contributed by atoms with E-state index in [0.717, 1.165) is 51.1 Å². The van der Waals surface area contributed by atoms with Crippen LogP contribution in [-0.4, -0.2) is 52.5 Å². The lowest BCUT2D eigenvalue weighted by Gasteiger charge is -2.37. The minimum atomic E-state index is -0.131. The van der Waals surface area contributed by atoms with Gasteiger partial charge in [0.25, 0.3) is 0 Å². The van der Waals surface area contributed by atoms with Crippen LogP contribution in [0.1, 0.15) is 37.5 Å². The number of carbonyl (C=O) groups excluding carboxylic acids is 1. The van der Waals surface area contributed by atoms with E-state index < -0.39 is 0 Å². The molecule has 0 spiro atoms. The first-order valence-electron chi connectivity index (χ1n) is 8.36. The van der Waals surface area contributed by atoms with E-state index in [1.54, 1.807) is 6.20 Å². The molecule has 1 aromatic heterocycles. The minimum Gasteiger partial charge on any atom is -0.347 e. The molecule has 0 saturated carbocycles. The number of hydrazine groups is 1. The highest BCUT2D eigenvalue weighted by Crippen LogP contribution is 2.31. The Morgan fingerprint density at radius 1 is 1.26 bits per heavy atom. The summed E-state index contributed by atoms with van der Waals surface area (Å²) in [6, 6.07) is 0.365. The molecule has 0 aliphatic carbocycles. The van der Waals surface area contributed by atoms with Gasteiger partial charge in [-0.2, -0.15) is 0 Å². The molecule has 7 nitrogen and oxygen atoms in total. The summed E-state index contributed by atoms with van der Waals surface area (Å²) < 4.78 is 0. The minimum absolute atomic E-state index is 0. The van der Waals surface area contributed by atoms with Gasteiger partial charge in [0.15, 0.2) is 0 Å². The molecule has 3 fully saturated rings. The maximum absolute atomic E-state index is 13.1. The van der Waals surface area contributed by atoms with E-state index in [1.165, 1.54) is 0 Å². The second-order valence-electron chi connectivity index (χ2n) is 6.55. The number of nitrogens with one attached hydrogen (secondary N) is 4. The van der Waals surface area contributed by atoms with Crippen LogP contribution in [0.5, 0.6) is 0 Å². The standard InChI is InChI=1S/C15H24N6O.ClH/c22-15(13-10-9-16-5-4-11(10)19-20-13)21-8-2-1-3-12(21)14-17-6-7-18-14;/h6-7,10-13,16,19-20H,1-5,8-9H2,(H,17,18);1H. The van der Waals surface area contributed by atoms with Crippen molar-refractivity contribution in [1.29, 1.82) is 0 Å². The summed E-state index contributed by atoms with van der Waals surface area (Å²) in [4.78, 5) is 22.7. The highest BCUT2D eigenvalue weighted by Gasteiger charge is 2.44. The number of H-pyrrole nitrogens is 1. The van der Waals surface area contributed by atoms with Gasteiger partial charge in [-0.3, -0.25) is 10.2 Å². The van der Waals surface area contributed by atoms with E-state index in [0.29, 0.717) is 12.0 Å². The topological polar surface area (TPSA) is 85.1 Å². The lowest BCUT2D eigenvalue weighted by atomic mass is 9.88. The highest BCUT2D eigenvalue weighted by molar-refractivity contribution is 5.85. The molecule has 8 heteroatoms. The number of halogens is 1. The molecule has 23 heavy (non-hydrogen) atoms. The number of fused-ring (bicyclic) bond motifs is 1. The monoisotopic (exact) mass is 340 g/mol. The van der Waals surface area contributed by atoms with Gasteiger partial charge in [-0.25, -0.2) is 10.4 Å². The number of likely N-dealkylation sites (tertiary alicyclic amines) is 1. The van der Waals surface area contributed by atoms with Crippen molar-refractivity contribution >= 4 is 18.3 Å². The maximum atomic E-state index is 13.1. The lowest BCUT2D eigenvalue weighted by Crippen LogP contribution is -2.52. The van der Waals surface area contributed by atoms with Crippen molar-refractivity contribution in [2.75, 3.05) is 19.6 Å². The Kier molecular flexibility index (Phi) is 5.21. The van der Waals surface area contributed by atoms with Gasteiger partial charge in [0, 0.05) is 37.4 Å². The molecule has 1 aromatic rings. The number of imidazole rings is 1. The highest BCUT2D eigenvalue weighted by atomic mass is 35.5. The first kappa shape index (κ1) is 16.7. The summed E-state index contributed by atoms with van der Waals surface area (Å²) >= 11 is 0. The summed E-state index contributed by atoms with van der Waals surface area (Å²) in [5, 5.41) is 3.41. The Bertz CT molecular complexity index is 524. The predicted octanol–water partition coefficient (Wildman–Crippen LogP) is 0.340. The molecule has 0 bridgehead atoms. The van der Waals surface area contributed by atoms with Gasteiger partial charge >= 0.3 is 0 Å². The molecule has 3 aliphatic heterocycles. The van der Waals surface area contributed by atoms with Gasteiger partial charge in [0.1, 0.15) is 11.9 Å². The number of amides is 1. The zero-order valence-corrected chi connectivity index (χ0v) is 13.9. The van der Waals surface area contributed by atoms with Crippen LogP contribution in [0.2, 0.25) is 0 Å². The molecule has 4 rings (SSSR count). The third kappa shape index (κ3) is 3.10. The molecule has 3 saturated heterocycles. The van der Waals surface area contributed by atoms with Gasteiger partial charge in [-0.1, -0.05) is 0 Å². The summed E-state index contributed by atoms with van der Waals surface area (Å²) in [5.41, 5.74) is 6.57. The fourth-order valence-electron chi connectivity index (χ4n) is 4.08. The van der Waals surface area contributed by atoms with Crippen molar-refractivity contribution < 1.29 is 4.79 Å². The number of carbonyl (C=O) groups is 1. The van der Waals surface area contributed by atoms with Crippen molar-refractivity contribution in [1.82, 2.24) is 31.0 Å². The first-order chi connectivity index (χ1) is 10.8. The third-order valence-corrected chi connectivity index (χ3v) is 5.27. The third-order valence-electron chi connectivity index (χ3n) is 5.27. The molecule has 4 atom stereocenters. The van der Waals surface area contributed by atoms with Crippen LogP contribution < -0.4 is 16.2 Å². The number of aromatic nitrogens is 2. The molecule has 3 aliphatic rings. The molecule has 4 unspecified atom stereocenters. The second-order valence-corrected chi connectivity index (χ2v) is 6.55. The van der Waals surface area contributed by atoms with Crippen molar-refractivity contribution in [2.24, 2.45) is 5.92 Å². The van der Waals surface area contributed by atoms with E-state index in [1.807, 2.05) is 11.1 Å². The van der Waals surface area contributed by atoms with Crippen molar-refractivity contribution in [3.05, 3.63) is 18.2 Å². The van der Waals surface area contributed by atoms with Gasteiger partial charge in [0.05, 0.1) is 6.04 Å². The Hall–Kier alpha value is -1.15. The van der Waals surface area contributed by atoms with Crippen LogP contribution >= 0.6 is 12.4 Å². The van der Waals surface area contributed by atoms with Gasteiger partial charge in [-0.05, 0) is 32.2 Å². The van der Waals surface area contributed by atoms with Crippen LogP contribution in [0.15, 0.2) is 12.4 Å². The number of piperidine rings is 2. The lowest BCUT2D eigenvalue weighted by molar-refractivity contribution is -0.138. The van der Waals surface area contributed by atoms with Crippen molar-refractivity contribution in [3.63, 3.8) is 0 Å². The van der Waals surface area contributed by atoms with E-state index in [9.17, 15) is 4.79 Å². The van der Waals surface area contributed by atoms with Crippen LogP contribution in [0, 0.1) is 5.92 Å². The zero-order chi connectivity index (χ0) is 14.9. The quantitative estimate of drug-likeness (QED) is 0.624. The molecular formula is C15H25ClN6O. The van der Waals surface area contributed by atoms with Gasteiger partial charge in [0.2, 0.25) is 5.91 Å². The largest absolute Gasteiger partial charge is 0.347 e. The van der Waals surface area contributed by atoms with Crippen molar-refractivity contribution in [2.45, 2.75) is 43.8 Å². The zero-order valence-electron chi connectivity index (χ0n) is 13.1. The average Bonchev–Trinajstić information content (AvgIpc) is 3.24. The number of hydrogen-bond acceptors (Lipinski definition) is 5. The Morgan fingerprint density at radius 2 is 2.17 bits per heavy atom. The van der Waals surface area contributed by atoms with Gasteiger partial charge < -0.3 is 15.2 Å². The average molecular weight is 341 g/mol. The summed E-state index contributed by atoms with van der Waals surface area (Å²) in [7, 11) is 0. The number of rotatable bonds is 2. The molecule has 4 N–H and O–H groups in total. The molecule has 0 radical (unpaired) electrons. The molecule has 128 valence electrons. The van der Waals surface area contributed by atoms with Gasteiger partial charge in [-0.15, -0.1) is 12.4 Å². The Balaban J connectivity index is 0.00000156. The van der Waals surface area contributed by atoms with Crippen LogP contribution in [0.4, 0.5) is 0 Å². The normalized spacial score (nSPS) is 33.8. The molecule has 1 amide bonds. The SMILES string of the molecule is Cl.O=C(C1NNC2CCNCC21)N1CCCCC1c1ncc[nH]1. The number of nitrogens with zero attached hydrogens (tertiary/aromatic N) is 2. The Morgan fingerprint density at radius 3 is 3.00 bits per heavy atom. The van der Waals surface area contributed by atoms with Crippen LogP contribution in [0.25, 0.3) is 0 Å².